The van der Waals surface area contributed by atoms with Crippen LogP contribution in [0, 0.1) is 5.92 Å². The summed E-state index contributed by atoms with van der Waals surface area (Å²) in [6, 6.07) is 0.519. The smallest absolute Gasteiger partial charge is 0.0906 e. The van der Waals surface area contributed by atoms with Gasteiger partial charge in [0.1, 0.15) is 0 Å². The SMILES string of the molecule is OC1CCCCC1C1CCCCN1CCCF. The lowest BCUT2D eigenvalue weighted by molar-refractivity contribution is -0.00626. The summed E-state index contributed by atoms with van der Waals surface area (Å²) in [5.41, 5.74) is 0. The van der Waals surface area contributed by atoms with E-state index in [1.165, 1.54) is 32.1 Å². The molecule has 1 saturated carbocycles. The van der Waals surface area contributed by atoms with Crippen LogP contribution >= 0.6 is 0 Å². The first-order valence-corrected chi connectivity index (χ1v) is 7.31. The van der Waals surface area contributed by atoms with Gasteiger partial charge in [-0.3, -0.25) is 9.29 Å². The summed E-state index contributed by atoms with van der Waals surface area (Å²) in [7, 11) is 0. The molecular weight excluding hydrogens is 217 g/mol. The van der Waals surface area contributed by atoms with Crippen LogP contribution in [0.1, 0.15) is 51.4 Å². The van der Waals surface area contributed by atoms with E-state index in [0.29, 0.717) is 18.4 Å². The molecule has 1 aliphatic heterocycles. The van der Waals surface area contributed by atoms with Crippen molar-refractivity contribution in [3.63, 3.8) is 0 Å². The fraction of sp³-hybridized carbons (Fsp3) is 1.00. The van der Waals surface area contributed by atoms with Crippen molar-refractivity contribution in [3.8, 4) is 0 Å². The van der Waals surface area contributed by atoms with Gasteiger partial charge in [-0.1, -0.05) is 19.3 Å². The largest absolute Gasteiger partial charge is 0.393 e. The molecule has 1 heterocycles. The number of alkyl halides is 1. The van der Waals surface area contributed by atoms with Crippen LogP contribution in [0.15, 0.2) is 0 Å². The minimum Gasteiger partial charge on any atom is -0.393 e. The zero-order valence-corrected chi connectivity index (χ0v) is 10.8. The third-order valence-electron chi connectivity index (χ3n) is 4.52. The lowest BCUT2D eigenvalue weighted by atomic mass is 9.78. The van der Waals surface area contributed by atoms with Crippen LogP contribution in [0.3, 0.4) is 0 Å². The monoisotopic (exact) mass is 243 g/mol. The molecule has 2 rings (SSSR count). The zero-order chi connectivity index (χ0) is 12.1. The van der Waals surface area contributed by atoms with Gasteiger partial charge in [-0.05, 0) is 38.6 Å². The highest BCUT2D eigenvalue weighted by atomic mass is 19.1. The quantitative estimate of drug-likeness (QED) is 0.820. The number of likely N-dealkylation sites (tertiary alicyclic amines) is 1. The highest BCUT2D eigenvalue weighted by Gasteiger charge is 2.35. The topological polar surface area (TPSA) is 23.5 Å². The number of hydrogen-bond acceptors (Lipinski definition) is 2. The van der Waals surface area contributed by atoms with Crippen molar-refractivity contribution in [2.45, 2.75) is 63.5 Å². The maximum Gasteiger partial charge on any atom is 0.0906 e. The first kappa shape index (κ1) is 13.3. The summed E-state index contributed by atoms with van der Waals surface area (Å²) >= 11 is 0. The molecule has 1 aliphatic carbocycles. The van der Waals surface area contributed by atoms with Gasteiger partial charge in [0.15, 0.2) is 0 Å². The molecule has 17 heavy (non-hydrogen) atoms. The van der Waals surface area contributed by atoms with E-state index in [0.717, 1.165) is 25.9 Å². The van der Waals surface area contributed by atoms with Crippen molar-refractivity contribution >= 4 is 0 Å². The standard InChI is InChI=1S/C14H26FNO/c15-9-5-11-16-10-4-3-7-13(16)12-6-1-2-8-14(12)17/h12-14,17H,1-11H2. The van der Waals surface area contributed by atoms with Crippen molar-refractivity contribution < 1.29 is 9.50 Å². The molecule has 0 amide bonds. The van der Waals surface area contributed by atoms with Gasteiger partial charge < -0.3 is 5.11 Å². The van der Waals surface area contributed by atoms with E-state index in [1.54, 1.807) is 0 Å². The Morgan fingerprint density at radius 1 is 1.06 bits per heavy atom. The number of aliphatic hydroxyl groups excluding tert-OH is 1. The number of nitrogens with zero attached hydrogens (tertiary/aromatic N) is 1. The van der Waals surface area contributed by atoms with Crippen LogP contribution in [0.25, 0.3) is 0 Å². The lowest BCUT2D eigenvalue weighted by Gasteiger charge is -2.43. The molecule has 0 aromatic heterocycles. The zero-order valence-electron chi connectivity index (χ0n) is 10.8. The molecule has 0 aromatic carbocycles. The second-order valence-electron chi connectivity index (χ2n) is 5.66. The number of hydrogen-bond donors (Lipinski definition) is 1. The summed E-state index contributed by atoms with van der Waals surface area (Å²) in [6.07, 6.45) is 8.83. The van der Waals surface area contributed by atoms with Crippen LogP contribution in [0.5, 0.6) is 0 Å². The lowest BCUT2D eigenvalue weighted by Crippen LogP contribution is -2.49. The molecule has 3 atom stereocenters. The van der Waals surface area contributed by atoms with Crippen molar-refractivity contribution in [2.75, 3.05) is 19.8 Å². The predicted molar refractivity (Wildman–Crippen MR) is 67.8 cm³/mol. The van der Waals surface area contributed by atoms with E-state index in [9.17, 15) is 9.50 Å². The van der Waals surface area contributed by atoms with Gasteiger partial charge in [0.05, 0.1) is 12.8 Å². The molecule has 3 unspecified atom stereocenters. The van der Waals surface area contributed by atoms with E-state index >= 15 is 0 Å². The van der Waals surface area contributed by atoms with Gasteiger partial charge in [0.2, 0.25) is 0 Å². The number of aliphatic hydroxyl groups is 1. The van der Waals surface area contributed by atoms with Gasteiger partial charge in [0, 0.05) is 18.5 Å². The van der Waals surface area contributed by atoms with Gasteiger partial charge in [-0.15, -0.1) is 0 Å². The van der Waals surface area contributed by atoms with Crippen molar-refractivity contribution in [3.05, 3.63) is 0 Å². The molecule has 0 aromatic rings. The summed E-state index contributed by atoms with van der Waals surface area (Å²) in [6.45, 7) is 1.77. The minimum atomic E-state index is -0.212. The third kappa shape index (κ3) is 3.41. The molecule has 100 valence electrons. The van der Waals surface area contributed by atoms with E-state index in [4.69, 9.17) is 0 Å². The molecule has 2 nitrogen and oxygen atoms in total. The molecule has 0 bridgehead atoms. The molecule has 2 fully saturated rings. The summed E-state index contributed by atoms with van der Waals surface area (Å²) < 4.78 is 12.3. The first-order valence-electron chi connectivity index (χ1n) is 7.31. The van der Waals surface area contributed by atoms with Crippen LogP contribution in [-0.2, 0) is 0 Å². The molecule has 2 aliphatic rings. The first-order chi connectivity index (χ1) is 8.33. The summed E-state index contributed by atoms with van der Waals surface area (Å²) in [5.74, 6) is 0.448. The van der Waals surface area contributed by atoms with Crippen molar-refractivity contribution in [2.24, 2.45) is 5.92 Å². The Morgan fingerprint density at radius 3 is 2.59 bits per heavy atom. The Bertz CT molecular complexity index is 224. The maximum absolute atomic E-state index is 12.3. The third-order valence-corrected chi connectivity index (χ3v) is 4.52. The molecule has 1 saturated heterocycles. The second kappa shape index (κ2) is 6.69. The Labute approximate surface area is 104 Å². The van der Waals surface area contributed by atoms with E-state index < -0.39 is 0 Å². The van der Waals surface area contributed by atoms with Gasteiger partial charge in [-0.2, -0.15) is 0 Å². The fourth-order valence-electron chi connectivity index (χ4n) is 3.63. The highest BCUT2D eigenvalue weighted by molar-refractivity contribution is 4.88. The van der Waals surface area contributed by atoms with Crippen LogP contribution in [-0.4, -0.2) is 41.9 Å². The maximum atomic E-state index is 12.3. The molecular formula is C14H26FNO. The van der Waals surface area contributed by atoms with E-state index in [2.05, 4.69) is 4.90 Å². The average molecular weight is 243 g/mol. The van der Waals surface area contributed by atoms with Crippen LogP contribution < -0.4 is 0 Å². The number of rotatable bonds is 4. The number of halogens is 1. The summed E-state index contributed by atoms with van der Waals surface area (Å²) in [5, 5.41) is 10.2. The van der Waals surface area contributed by atoms with Gasteiger partial charge in [-0.25, -0.2) is 0 Å². The fourth-order valence-corrected chi connectivity index (χ4v) is 3.63. The Balaban J connectivity index is 1.94. The van der Waals surface area contributed by atoms with Gasteiger partial charge >= 0.3 is 0 Å². The molecule has 1 N–H and O–H groups in total. The highest BCUT2D eigenvalue weighted by Crippen LogP contribution is 2.34. The van der Waals surface area contributed by atoms with Crippen LogP contribution in [0.2, 0.25) is 0 Å². The van der Waals surface area contributed by atoms with Gasteiger partial charge in [0.25, 0.3) is 0 Å². The molecule has 3 heteroatoms. The minimum absolute atomic E-state index is 0.111. The van der Waals surface area contributed by atoms with Crippen molar-refractivity contribution in [1.82, 2.24) is 4.90 Å². The Morgan fingerprint density at radius 2 is 1.82 bits per heavy atom. The van der Waals surface area contributed by atoms with E-state index in [1.807, 2.05) is 0 Å². The molecule has 0 radical (unpaired) electrons. The summed E-state index contributed by atoms with van der Waals surface area (Å²) in [4.78, 5) is 2.45. The Hall–Kier alpha value is -0.150. The van der Waals surface area contributed by atoms with Crippen LogP contribution in [0.4, 0.5) is 4.39 Å². The van der Waals surface area contributed by atoms with Crippen molar-refractivity contribution in [1.29, 1.82) is 0 Å². The predicted octanol–water partition coefficient (Wildman–Crippen LogP) is 2.75. The van der Waals surface area contributed by atoms with E-state index in [-0.39, 0.29) is 12.8 Å². The molecule has 0 spiro atoms. The number of piperidine rings is 1. The second-order valence-corrected chi connectivity index (χ2v) is 5.66. The normalized spacial score (nSPS) is 36.0. The Kier molecular flexibility index (Phi) is 5.23. The average Bonchev–Trinajstić information content (AvgIpc) is 2.37.